The van der Waals surface area contributed by atoms with Crippen molar-refractivity contribution in [3.05, 3.63) is 51.5 Å². The molecule has 1 aromatic heterocycles. The van der Waals surface area contributed by atoms with Crippen molar-refractivity contribution in [2.45, 2.75) is 38.7 Å². The van der Waals surface area contributed by atoms with Gasteiger partial charge in [0.05, 0.1) is 5.75 Å². The van der Waals surface area contributed by atoms with E-state index in [0.717, 1.165) is 5.56 Å². The van der Waals surface area contributed by atoms with Crippen molar-refractivity contribution in [3.63, 3.8) is 0 Å². The first kappa shape index (κ1) is 19.5. The summed E-state index contributed by atoms with van der Waals surface area (Å²) in [6.07, 6.45) is 0. The largest absolute Gasteiger partial charge is 0.347 e. The van der Waals surface area contributed by atoms with Gasteiger partial charge in [-0.25, -0.2) is 18.1 Å². The van der Waals surface area contributed by atoms with Crippen LogP contribution in [0.4, 0.5) is 0 Å². The average molecular weight is 383 g/mol. The Hall–Kier alpha value is -1.81. The minimum atomic E-state index is -3.43. The van der Waals surface area contributed by atoms with E-state index in [9.17, 15) is 13.2 Å². The molecule has 0 saturated carbocycles. The van der Waals surface area contributed by atoms with Gasteiger partial charge in [0.1, 0.15) is 10.7 Å². The summed E-state index contributed by atoms with van der Waals surface area (Å²) in [6, 6.07) is 6.96. The molecule has 0 saturated heterocycles. The Morgan fingerprint density at radius 1 is 1.28 bits per heavy atom. The van der Waals surface area contributed by atoms with Crippen molar-refractivity contribution >= 4 is 27.3 Å². The van der Waals surface area contributed by atoms with Gasteiger partial charge in [-0.15, -0.1) is 11.3 Å². The van der Waals surface area contributed by atoms with Crippen LogP contribution in [0.15, 0.2) is 29.6 Å². The highest BCUT2D eigenvalue weighted by atomic mass is 32.2. The zero-order valence-corrected chi connectivity index (χ0v) is 15.8. The highest BCUT2D eigenvalue weighted by molar-refractivity contribution is 7.88. The standard InChI is InChI=1S/C16H22N4O3S2/c1-11(2)20-25(22,23)10-13-6-4-3-5-12(13)8-18-16(21)14-9-24-15(7-17)19-14/h3-6,9,11,20H,7-8,10,17H2,1-2H3,(H,18,21). The zero-order chi connectivity index (χ0) is 18.4. The van der Waals surface area contributed by atoms with E-state index < -0.39 is 10.0 Å². The second-order valence-electron chi connectivity index (χ2n) is 5.81. The summed E-state index contributed by atoms with van der Waals surface area (Å²) in [5.41, 5.74) is 7.21. The van der Waals surface area contributed by atoms with Crippen LogP contribution in [-0.4, -0.2) is 25.4 Å². The van der Waals surface area contributed by atoms with Gasteiger partial charge in [0.2, 0.25) is 10.0 Å². The van der Waals surface area contributed by atoms with Gasteiger partial charge in [-0.05, 0) is 25.0 Å². The molecule has 0 spiro atoms. The number of aromatic nitrogens is 1. The van der Waals surface area contributed by atoms with Crippen LogP contribution in [0, 0.1) is 0 Å². The molecule has 9 heteroatoms. The second-order valence-corrected chi connectivity index (χ2v) is 8.51. The van der Waals surface area contributed by atoms with Crippen LogP contribution >= 0.6 is 11.3 Å². The van der Waals surface area contributed by atoms with Gasteiger partial charge in [0, 0.05) is 24.5 Å². The number of benzene rings is 1. The summed E-state index contributed by atoms with van der Waals surface area (Å²) in [4.78, 5) is 16.3. The minimum Gasteiger partial charge on any atom is -0.347 e. The molecule has 0 aliphatic rings. The van der Waals surface area contributed by atoms with E-state index in [-0.39, 0.29) is 24.2 Å². The fraction of sp³-hybridized carbons (Fsp3) is 0.375. The molecule has 136 valence electrons. The van der Waals surface area contributed by atoms with E-state index >= 15 is 0 Å². The number of hydrogen-bond donors (Lipinski definition) is 3. The first-order valence-electron chi connectivity index (χ1n) is 7.80. The quantitative estimate of drug-likeness (QED) is 0.638. The molecular formula is C16H22N4O3S2. The van der Waals surface area contributed by atoms with E-state index in [2.05, 4.69) is 15.0 Å². The number of amides is 1. The van der Waals surface area contributed by atoms with Crippen LogP contribution in [0.2, 0.25) is 0 Å². The normalized spacial score (nSPS) is 11.7. The summed E-state index contributed by atoms with van der Waals surface area (Å²) in [5.74, 6) is -0.445. The molecule has 0 radical (unpaired) electrons. The number of nitrogens with one attached hydrogen (secondary N) is 2. The van der Waals surface area contributed by atoms with Crippen LogP contribution in [0.5, 0.6) is 0 Å². The lowest BCUT2D eigenvalue weighted by Crippen LogP contribution is -2.32. The molecule has 0 aliphatic heterocycles. The number of thiazole rings is 1. The van der Waals surface area contributed by atoms with Crippen LogP contribution in [-0.2, 0) is 28.9 Å². The number of carbonyl (C=O) groups excluding carboxylic acids is 1. The Bertz CT molecular complexity index is 831. The molecule has 2 aromatic rings. The number of hydrogen-bond acceptors (Lipinski definition) is 6. The molecule has 0 atom stereocenters. The minimum absolute atomic E-state index is 0.134. The first-order chi connectivity index (χ1) is 11.8. The highest BCUT2D eigenvalue weighted by Crippen LogP contribution is 2.13. The molecule has 0 fully saturated rings. The molecule has 7 nitrogen and oxygen atoms in total. The monoisotopic (exact) mass is 382 g/mol. The molecule has 1 aromatic carbocycles. The maximum Gasteiger partial charge on any atom is 0.271 e. The third-order valence-electron chi connectivity index (χ3n) is 3.28. The number of sulfonamides is 1. The van der Waals surface area contributed by atoms with E-state index in [1.54, 1.807) is 37.4 Å². The predicted molar refractivity (Wildman–Crippen MR) is 98.5 cm³/mol. The van der Waals surface area contributed by atoms with Gasteiger partial charge in [0.25, 0.3) is 5.91 Å². The molecule has 0 bridgehead atoms. The number of nitrogens with zero attached hydrogens (tertiary/aromatic N) is 1. The van der Waals surface area contributed by atoms with Crippen molar-refractivity contribution in [1.29, 1.82) is 0 Å². The number of nitrogens with two attached hydrogens (primary N) is 1. The Balaban J connectivity index is 2.06. The lowest BCUT2D eigenvalue weighted by Gasteiger charge is -2.13. The van der Waals surface area contributed by atoms with Crippen molar-refractivity contribution in [2.75, 3.05) is 0 Å². The molecule has 25 heavy (non-hydrogen) atoms. The summed E-state index contributed by atoms with van der Waals surface area (Å²) in [7, 11) is -3.43. The predicted octanol–water partition coefficient (Wildman–Crippen LogP) is 1.36. The van der Waals surface area contributed by atoms with Crippen LogP contribution in [0.25, 0.3) is 0 Å². The van der Waals surface area contributed by atoms with Crippen molar-refractivity contribution in [1.82, 2.24) is 15.0 Å². The molecule has 2 rings (SSSR count). The smallest absolute Gasteiger partial charge is 0.271 e. The van der Waals surface area contributed by atoms with Crippen molar-refractivity contribution < 1.29 is 13.2 Å². The Morgan fingerprint density at radius 2 is 1.96 bits per heavy atom. The second kappa shape index (κ2) is 8.52. The van der Waals surface area contributed by atoms with Gasteiger partial charge >= 0.3 is 0 Å². The van der Waals surface area contributed by atoms with Gasteiger partial charge in [-0.1, -0.05) is 24.3 Å². The van der Waals surface area contributed by atoms with Crippen LogP contribution < -0.4 is 15.8 Å². The molecular weight excluding hydrogens is 360 g/mol. The van der Waals surface area contributed by atoms with Gasteiger partial charge in [-0.2, -0.15) is 0 Å². The van der Waals surface area contributed by atoms with Gasteiger partial charge in [-0.3, -0.25) is 4.79 Å². The molecule has 1 heterocycles. The van der Waals surface area contributed by atoms with E-state index in [0.29, 0.717) is 22.8 Å². The zero-order valence-electron chi connectivity index (χ0n) is 14.2. The maximum absolute atomic E-state index is 12.2. The van der Waals surface area contributed by atoms with E-state index in [1.807, 2.05) is 6.07 Å². The first-order valence-corrected chi connectivity index (χ1v) is 10.3. The highest BCUT2D eigenvalue weighted by Gasteiger charge is 2.16. The van der Waals surface area contributed by atoms with Gasteiger partial charge in [0.15, 0.2) is 0 Å². The average Bonchev–Trinajstić information content (AvgIpc) is 3.01. The summed E-state index contributed by atoms with van der Waals surface area (Å²) < 4.78 is 26.8. The number of rotatable bonds is 8. The molecule has 0 aliphatic carbocycles. The third kappa shape index (κ3) is 5.89. The van der Waals surface area contributed by atoms with Crippen LogP contribution in [0.3, 0.4) is 0 Å². The van der Waals surface area contributed by atoms with Crippen molar-refractivity contribution in [2.24, 2.45) is 5.73 Å². The topological polar surface area (TPSA) is 114 Å². The fourth-order valence-electron chi connectivity index (χ4n) is 2.25. The SMILES string of the molecule is CC(C)NS(=O)(=O)Cc1ccccc1CNC(=O)c1csc(CN)n1. The van der Waals surface area contributed by atoms with Crippen molar-refractivity contribution in [3.8, 4) is 0 Å². The van der Waals surface area contributed by atoms with E-state index in [1.165, 1.54) is 11.3 Å². The van der Waals surface area contributed by atoms with Gasteiger partial charge < -0.3 is 11.1 Å². The van der Waals surface area contributed by atoms with E-state index in [4.69, 9.17) is 5.73 Å². The fourth-order valence-corrected chi connectivity index (χ4v) is 4.40. The Labute approximate surface area is 151 Å². The Morgan fingerprint density at radius 3 is 2.56 bits per heavy atom. The lowest BCUT2D eigenvalue weighted by molar-refractivity contribution is 0.0946. The molecule has 4 N–H and O–H groups in total. The molecule has 0 unspecified atom stereocenters. The number of carbonyl (C=O) groups is 1. The summed E-state index contributed by atoms with van der Waals surface area (Å²) >= 11 is 1.33. The maximum atomic E-state index is 12.2. The Kier molecular flexibility index (Phi) is 6.65. The summed E-state index contributed by atoms with van der Waals surface area (Å²) in [5, 5.41) is 5.11. The lowest BCUT2D eigenvalue weighted by atomic mass is 10.1. The van der Waals surface area contributed by atoms with Crippen LogP contribution in [0.1, 0.15) is 40.5 Å². The molecule has 1 amide bonds. The summed E-state index contributed by atoms with van der Waals surface area (Å²) in [6.45, 7) is 4.06. The third-order valence-corrected chi connectivity index (χ3v) is 5.67.